The molecule has 0 aromatic heterocycles. The van der Waals surface area contributed by atoms with Crippen molar-refractivity contribution in [2.45, 2.75) is 56.8 Å². The summed E-state index contributed by atoms with van der Waals surface area (Å²) >= 11 is 0. The fourth-order valence-electron chi connectivity index (χ4n) is 4.49. The van der Waals surface area contributed by atoms with E-state index < -0.39 is 22.5 Å². The van der Waals surface area contributed by atoms with Crippen LogP contribution in [0.15, 0.2) is 9.98 Å². The molecule has 148 valence electrons. The number of piperidine rings is 1. The van der Waals surface area contributed by atoms with Gasteiger partial charge >= 0.3 is 16.4 Å². The fraction of sp³-hybridized carbons (Fsp3) is 0.733. The lowest BCUT2D eigenvalue weighted by molar-refractivity contribution is -0.119. The van der Waals surface area contributed by atoms with Crippen LogP contribution in [-0.4, -0.2) is 72.3 Å². The number of nitrogens with one attached hydrogen (secondary N) is 2. The number of urea groups is 1. The van der Waals surface area contributed by atoms with Crippen LogP contribution in [0, 0.1) is 5.92 Å². The van der Waals surface area contributed by atoms with Crippen LogP contribution in [0.5, 0.6) is 0 Å². The van der Waals surface area contributed by atoms with Gasteiger partial charge in [-0.2, -0.15) is 8.42 Å². The predicted octanol–water partition coefficient (Wildman–Crippen LogP) is -0.544. The van der Waals surface area contributed by atoms with Gasteiger partial charge in [-0.15, -0.1) is 0 Å². The molecule has 0 aliphatic carbocycles. The highest BCUT2D eigenvalue weighted by molar-refractivity contribution is 7.80. The van der Waals surface area contributed by atoms with Crippen molar-refractivity contribution in [3.05, 3.63) is 0 Å². The summed E-state index contributed by atoms with van der Waals surface area (Å²) in [6.45, 7) is 2.40. The summed E-state index contributed by atoms with van der Waals surface area (Å²) in [4.78, 5) is 33.5. The summed E-state index contributed by atoms with van der Waals surface area (Å²) in [5.41, 5.74) is 0.514. The van der Waals surface area contributed by atoms with Crippen LogP contribution >= 0.6 is 0 Å². The van der Waals surface area contributed by atoms with Crippen LogP contribution in [0.1, 0.15) is 32.6 Å². The van der Waals surface area contributed by atoms with Gasteiger partial charge in [0.05, 0.1) is 25.1 Å². The van der Waals surface area contributed by atoms with Gasteiger partial charge in [0.1, 0.15) is 0 Å². The first-order valence-corrected chi connectivity index (χ1v) is 10.2. The number of carbonyl (C=O) groups excluding carboxylic acids is 2. The van der Waals surface area contributed by atoms with Gasteiger partial charge in [0.25, 0.3) is 0 Å². The van der Waals surface area contributed by atoms with E-state index in [1.165, 1.54) is 0 Å². The summed E-state index contributed by atoms with van der Waals surface area (Å²) in [5, 5.41) is 5.48. The third kappa shape index (κ3) is 3.69. The third-order valence-electron chi connectivity index (χ3n) is 5.61. The average molecular weight is 399 g/mol. The van der Waals surface area contributed by atoms with Gasteiger partial charge in [0, 0.05) is 30.1 Å². The maximum atomic E-state index is 11.5. The monoisotopic (exact) mass is 399 g/mol. The molecule has 0 radical (unpaired) electrons. The molecular formula is C15H21N5O6S. The highest BCUT2D eigenvalue weighted by Crippen LogP contribution is 2.38. The highest BCUT2D eigenvalue weighted by atomic mass is 32.3. The topological polar surface area (TPSA) is 150 Å². The lowest BCUT2D eigenvalue weighted by atomic mass is 9.81. The van der Waals surface area contributed by atoms with Crippen LogP contribution in [0.2, 0.25) is 0 Å². The van der Waals surface area contributed by atoms with E-state index >= 15 is 0 Å². The molecule has 27 heavy (non-hydrogen) atoms. The van der Waals surface area contributed by atoms with E-state index in [-0.39, 0.29) is 36.4 Å². The van der Waals surface area contributed by atoms with E-state index in [4.69, 9.17) is 8.74 Å². The molecule has 12 heteroatoms. The number of hydrogen-bond donors (Lipinski definition) is 3. The molecule has 4 rings (SSSR count). The van der Waals surface area contributed by atoms with Crippen LogP contribution in [0.3, 0.4) is 0 Å². The van der Waals surface area contributed by atoms with Gasteiger partial charge in [0.2, 0.25) is 5.91 Å². The molecule has 0 spiro atoms. The van der Waals surface area contributed by atoms with Gasteiger partial charge in [-0.05, 0) is 12.8 Å². The molecule has 3 N–H and O–H groups in total. The van der Waals surface area contributed by atoms with Crippen molar-refractivity contribution in [3.63, 3.8) is 0 Å². The average Bonchev–Trinajstić information content (AvgIpc) is 2.94. The molecule has 4 aliphatic rings. The Morgan fingerprint density at radius 2 is 2.11 bits per heavy atom. The summed E-state index contributed by atoms with van der Waals surface area (Å²) in [7, 11) is -4.53. The minimum Gasteiger partial charge on any atom is -0.353 e. The minimum atomic E-state index is -4.53. The van der Waals surface area contributed by atoms with Gasteiger partial charge < -0.3 is 10.2 Å². The van der Waals surface area contributed by atoms with E-state index in [1.807, 2.05) is 6.92 Å². The quantitative estimate of drug-likeness (QED) is 0.533. The molecule has 0 saturated carbocycles. The molecule has 3 amide bonds. The first kappa shape index (κ1) is 18.3. The number of guanidine groups is 1. The summed E-state index contributed by atoms with van der Waals surface area (Å²) in [5.74, 6) is 0.256. The summed E-state index contributed by atoms with van der Waals surface area (Å²) in [6, 6.07) is -0.747. The van der Waals surface area contributed by atoms with Crippen molar-refractivity contribution < 1.29 is 26.7 Å². The summed E-state index contributed by atoms with van der Waals surface area (Å²) in [6.07, 6.45) is 0.966. The maximum Gasteiger partial charge on any atom is 0.397 e. The lowest BCUT2D eigenvalue weighted by Gasteiger charge is -2.50. The number of aliphatic imine (C=N–C) groups is 2. The number of amides is 3. The zero-order valence-corrected chi connectivity index (χ0v) is 15.5. The molecule has 11 nitrogen and oxygen atoms in total. The minimum absolute atomic E-state index is 0.00155. The molecule has 2 saturated heterocycles. The Labute approximate surface area is 156 Å². The normalized spacial score (nSPS) is 35.8. The van der Waals surface area contributed by atoms with Gasteiger partial charge in [-0.3, -0.25) is 19.7 Å². The van der Waals surface area contributed by atoms with E-state index in [9.17, 15) is 18.0 Å². The van der Waals surface area contributed by atoms with E-state index in [0.29, 0.717) is 31.5 Å². The largest absolute Gasteiger partial charge is 0.397 e. The third-order valence-corrected chi connectivity index (χ3v) is 6.10. The summed E-state index contributed by atoms with van der Waals surface area (Å²) < 4.78 is 36.4. The van der Waals surface area contributed by atoms with Crippen molar-refractivity contribution in [1.82, 2.24) is 15.5 Å². The number of nitrogens with zero attached hydrogens (tertiary/aromatic N) is 3. The van der Waals surface area contributed by atoms with Crippen molar-refractivity contribution in [3.8, 4) is 0 Å². The van der Waals surface area contributed by atoms with Crippen molar-refractivity contribution in [1.29, 1.82) is 0 Å². The Bertz CT molecular complexity index is 840. The highest BCUT2D eigenvalue weighted by Gasteiger charge is 2.49. The lowest BCUT2D eigenvalue weighted by Crippen LogP contribution is -2.64. The van der Waals surface area contributed by atoms with Gasteiger partial charge in [-0.25, -0.2) is 14.0 Å². The molecule has 4 heterocycles. The second-order valence-electron chi connectivity index (χ2n) is 7.44. The van der Waals surface area contributed by atoms with Crippen LogP contribution in [0.25, 0.3) is 0 Å². The van der Waals surface area contributed by atoms with E-state index in [1.54, 1.807) is 0 Å². The first-order chi connectivity index (χ1) is 12.7. The second-order valence-corrected chi connectivity index (χ2v) is 8.49. The smallest absolute Gasteiger partial charge is 0.353 e. The fourth-order valence-corrected chi connectivity index (χ4v) is 5.06. The SMILES string of the molecule is CC1C(OS(=O)(=O)O)CC2CC(CC3=NC(=O)NC(=O)C3)NC3=NCC1N32. The van der Waals surface area contributed by atoms with Crippen molar-refractivity contribution in [2.24, 2.45) is 15.9 Å². The van der Waals surface area contributed by atoms with Gasteiger partial charge in [0.15, 0.2) is 5.96 Å². The van der Waals surface area contributed by atoms with E-state index in [2.05, 4.69) is 25.5 Å². The van der Waals surface area contributed by atoms with Crippen molar-refractivity contribution >= 4 is 34.0 Å². The number of hydrogen-bond acceptors (Lipinski definition) is 8. The second kappa shape index (κ2) is 6.53. The van der Waals surface area contributed by atoms with Gasteiger partial charge in [-0.1, -0.05) is 6.92 Å². The first-order valence-electron chi connectivity index (χ1n) is 8.85. The number of imide groups is 1. The molecule has 0 aromatic carbocycles. The molecule has 2 fully saturated rings. The zero-order valence-electron chi connectivity index (χ0n) is 14.7. The Morgan fingerprint density at radius 1 is 1.33 bits per heavy atom. The molecule has 5 atom stereocenters. The molecular weight excluding hydrogens is 378 g/mol. The predicted molar refractivity (Wildman–Crippen MR) is 93.7 cm³/mol. The Balaban J connectivity index is 1.50. The Kier molecular flexibility index (Phi) is 4.43. The molecule has 0 bridgehead atoms. The van der Waals surface area contributed by atoms with Crippen LogP contribution < -0.4 is 10.6 Å². The molecule has 5 unspecified atom stereocenters. The van der Waals surface area contributed by atoms with Crippen LogP contribution in [-0.2, 0) is 19.4 Å². The standard InChI is InChI=1S/C15H21N5O6S/c1-7-11-6-16-14-17-8(2-9-4-13(21)19-15(22)18-9)3-10(20(11)14)5-12(7)26-27(23,24)25/h7-8,10-12H,2-6H2,1H3,(H,16,17)(H,19,21,22)(H,23,24,25). The molecule has 0 aromatic rings. The number of rotatable bonds is 4. The maximum absolute atomic E-state index is 11.5. The zero-order chi connectivity index (χ0) is 19.3. The van der Waals surface area contributed by atoms with Crippen molar-refractivity contribution in [2.75, 3.05) is 6.54 Å². The molecule has 4 aliphatic heterocycles. The van der Waals surface area contributed by atoms with Crippen LogP contribution in [0.4, 0.5) is 4.79 Å². The number of carbonyl (C=O) groups is 2. The van der Waals surface area contributed by atoms with E-state index in [0.717, 1.165) is 5.96 Å². The Morgan fingerprint density at radius 3 is 2.81 bits per heavy atom. The Hall–Kier alpha value is -2.05.